The van der Waals surface area contributed by atoms with E-state index >= 15 is 0 Å². The van der Waals surface area contributed by atoms with Gasteiger partial charge < -0.3 is 9.88 Å². The molecule has 5 nitrogen and oxygen atoms in total. The van der Waals surface area contributed by atoms with Crippen LogP contribution in [-0.2, 0) is 11.3 Å². The predicted molar refractivity (Wildman–Crippen MR) is 93.7 cm³/mol. The van der Waals surface area contributed by atoms with Gasteiger partial charge in [0, 0.05) is 30.9 Å². The van der Waals surface area contributed by atoms with Crippen LogP contribution in [0.2, 0.25) is 0 Å². The molecule has 2 atom stereocenters. The number of benzene rings is 1. The summed E-state index contributed by atoms with van der Waals surface area (Å²) in [5.41, 5.74) is 1.20. The van der Waals surface area contributed by atoms with Gasteiger partial charge in [-0.05, 0) is 37.2 Å². The first-order valence-electron chi connectivity index (χ1n) is 8.87. The lowest BCUT2D eigenvalue weighted by Gasteiger charge is -2.28. The molecule has 1 aromatic carbocycles. The van der Waals surface area contributed by atoms with Crippen molar-refractivity contribution in [2.24, 2.45) is 5.92 Å². The maximum Gasteiger partial charge on any atom is 0.226 e. The molecule has 1 amide bonds. The Balaban J connectivity index is 1.35. The second-order valence-corrected chi connectivity index (χ2v) is 7.09. The first-order chi connectivity index (χ1) is 11.8. The molecule has 2 saturated heterocycles. The summed E-state index contributed by atoms with van der Waals surface area (Å²) in [6, 6.07) is 11.5. The Morgan fingerprint density at radius 1 is 1.21 bits per heavy atom. The Morgan fingerprint density at radius 3 is 2.71 bits per heavy atom. The maximum absolute atomic E-state index is 12.4. The maximum atomic E-state index is 12.4. The number of nitrogens with zero attached hydrogens (tertiary/aromatic N) is 2. The van der Waals surface area contributed by atoms with Crippen molar-refractivity contribution in [2.45, 2.75) is 50.7 Å². The van der Waals surface area contributed by atoms with Crippen LogP contribution in [0.4, 0.5) is 5.95 Å². The minimum atomic E-state index is 0.0850. The van der Waals surface area contributed by atoms with E-state index in [1.54, 1.807) is 6.20 Å². The molecule has 2 unspecified atom stereocenters. The van der Waals surface area contributed by atoms with Crippen LogP contribution in [0.5, 0.6) is 0 Å². The topological polar surface area (TPSA) is 59.0 Å². The molecule has 2 aromatic rings. The summed E-state index contributed by atoms with van der Waals surface area (Å²) in [7, 11) is 0. The van der Waals surface area contributed by atoms with Gasteiger partial charge in [0.15, 0.2) is 0 Å². The number of aromatic nitrogens is 2. The molecular weight excluding hydrogens is 300 g/mol. The van der Waals surface area contributed by atoms with E-state index in [1.807, 2.05) is 29.0 Å². The SMILES string of the molecule is O=C(CC1CC2CCC(C1)N2)Nc1nccn1Cc1ccccc1. The number of rotatable bonds is 5. The third-order valence-electron chi connectivity index (χ3n) is 5.21. The lowest BCUT2D eigenvalue weighted by Crippen LogP contribution is -2.39. The quantitative estimate of drug-likeness (QED) is 0.889. The zero-order valence-electron chi connectivity index (χ0n) is 13.8. The molecule has 3 heterocycles. The Kier molecular flexibility index (Phi) is 4.34. The number of carbonyl (C=O) groups is 1. The van der Waals surface area contributed by atoms with Crippen molar-refractivity contribution in [3.05, 3.63) is 48.3 Å². The average molecular weight is 324 g/mol. The molecule has 4 rings (SSSR count). The smallest absolute Gasteiger partial charge is 0.226 e. The summed E-state index contributed by atoms with van der Waals surface area (Å²) in [5.74, 6) is 1.23. The molecule has 2 fully saturated rings. The molecule has 2 aliphatic heterocycles. The van der Waals surface area contributed by atoms with Gasteiger partial charge in [-0.1, -0.05) is 30.3 Å². The molecule has 2 N–H and O–H groups in total. The Labute approximate surface area is 142 Å². The molecular formula is C19H24N4O. The largest absolute Gasteiger partial charge is 0.313 e. The number of anilines is 1. The Morgan fingerprint density at radius 2 is 1.96 bits per heavy atom. The van der Waals surface area contributed by atoms with E-state index in [0.29, 0.717) is 36.9 Å². The fraction of sp³-hybridized carbons (Fsp3) is 0.474. The number of piperidine rings is 1. The number of nitrogens with one attached hydrogen (secondary N) is 2. The molecule has 5 heteroatoms. The first kappa shape index (κ1) is 15.4. The molecule has 0 saturated carbocycles. The van der Waals surface area contributed by atoms with Gasteiger partial charge in [-0.15, -0.1) is 0 Å². The lowest BCUT2D eigenvalue weighted by molar-refractivity contribution is -0.117. The van der Waals surface area contributed by atoms with Crippen LogP contribution in [-0.4, -0.2) is 27.5 Å². The van der Waals surface area contributed by atoms with Gasteiger partial charge in [-0.2, -0.15) is 0 Å². The molecule has 2 bridgehead atoms. The van der Waals surface area contributed by atoms with Crippen molar-refractivity contribution in [2.75, 3.05) is 5.32 Å². The summed E-state index contributed by atoms with van der Waals surface area (Å²) in [6.07, 6.45) is 9.04. The number of hydrogen-bond acceptors (Lipinski definition) is 3. The van der Waals surface area contributed by atoms with Crippen LogP contribution in [0.25, 0.3) is 0 Å². The van der Waals surface area contributed by atoms with E-state index in [0.717, 1.165) is 12.8 Å². The second-order valence-electron chi connectivity index (χ2n) is 7.09. The number of hydrogen-bond donors (Lipinski definition) is 2. The summed E-state index contributed by atoms with van der Waals surface area (Å²) in [6.45, 7) is 0.716. The van der Waals surface area contributed by atoms with Gasteiger partial charge in [-0.3, -0.25) is 10.1 Å². The van der Waals surface area contributed by atoms with Gasteiger partial charge in [0.05, 0.1) is 6.54 Å². The van der Waals surface area contributed by atoms with E-state index in [-0.39, 0.29) is 5.91 Å². The highest BCUT2D eigenvalue weighted by atomic mass is 16.1. The van der Waals surface area contributed by atoms with Crippen LogP contribution in [0, 0.1) is 5.92 Å². The van der Waals surface area contributed by atoms with Crippen LogP contribution in [0.15, 0.2) is 42.7 Å². The van der Waals surface area contributed by atoms with Crippen molar-refractivity contribution in [3.8, 4) is 0 Å². The molecule has 1 aromatic heterocycles. The predicted octanol–water partition coefficient (Wildman–Crippen LogP) is 2.79. The molecule has 0 aliphatic carbocycles. The van der Waals surface area contributed by atoms with Crippen molar-refractivity contribution in [3.63, 3.8) is 0 Å². The molecule has 2 aliphatic rings. The fourth-order valence-electron chi connectivity index (χ4n) is 4.12. The van der Waals surface area contributed by atoms with E-state index in [4.69, 9.17) is 0 Å². The summed E-state index contributed by atoms with van der Waals surface area (Å²) in [5, 5.41) is 6.63. The minimum Gasteiger partial charge on any atom is -0.313 e. The number of imidazole rings is 1. The van der Waals surface area contributed by atoms with E-state index in [9.17, 15) is 4.79 Å². The van der Waals surface area contributed by atoms with Crippen LogP contribution in [0.1, 0.15) is 37.7 Å². The van der Waals surface area contributed by atoms with Crippen LogP contribution in [0.3, 0.4) is 0 Å². The second kappa shape index (κ2) is 6.77. The van der Waals surface area contributed by atoms with E-state index in [2.05, 4.69) is 27.8 Å². The van der Waals surface area contributed by atoms with Crippen molar-refractivity contribution < 1.29 is 4.79 Å². The van der Waals surface area contributed by atoms with Crippen LogP contribution >= 0.6 is 0 Å². The van der Waals surface area contributed by atoms with Crippen molar-refractivity contribution in [1.29, 1.82) is 0 Å². The minimum absolute atomic E-state index is 0.0850. The normalized spacial score (nSPS) is 25.6. The first-order valence-corrected chi connectivity index (χ1v) is 8.87. The monoisotopic (exact) mass is 324 g/mol. The third-order valence-corrected chi connectivity index (χ3v) is 5.21. The average Bonchev–Trinajstić information content (AvgIpc) is 3.14. The lowest BCUT2D eigenvalue weighted by atomic mass is 9.89. The van der Waals surface area contributed by atoms with Crippen molar-refractivity contribution in [1.82, 2.24) is 14.9 Å². The molecule has 126 valence electrons. The van der Waals surface area contributed by atoms with Gasteiger partial charge in [0.2, 0.25) is 11.9 Å². The number of fused-ring (bicyclic) bond motifs is 2. The van der Waals surface area contributed by atoms with Gasteiger partial charge in [0.25, 0.3) is 0 Å². The zero-order chi connectivity index (χ0) is 16.4. The molecule has 24 heavy (non-hydrogen) atoms. The highest BCUT2D eigenvalue weighted by Gasteiger charge is 2.34. The zero-order valence-corrected chi connectivity index (χ0v) is 13.8. The van der Waals surface area contributed by atoms with E-state index in [1.165, 1.54) is 18.4 Å². The van der Waals surface area contributed by atoms with Gasteiger partial charge in [0.1, 0.15) is 0 Å². The molecule has 0 spiro atoms. The third kappa shape index (κ3) is 3.51. The number of amides is 1. The van der Waals surface area contributed by atoms with Crippen molar-refractivity contribution >= 4 is 11.9 Å². The fourth-order valence-corrected chi connectivity index (χ4v) is 4.12. The highest BCUT2D eigenvalue weighted by Crippen LogP contribution is 2.32. The molecule has 0 radical (unpaired) electrons. The van der Waals surface area contributed by atoms with E-state index < -0.39 is 0 Å². The van der Waals surface area contributed by atoms with Gasteiger partial charge >= 0.3 is 0 Å². The standard InChI is InChI=1S/C19H24N4O/c24-18(12-15-10-16-6-7-17(11-15)21-16)22-19-20-8-9-23(19)13-14-4-2-1-3-5-14/h1-5,8-9,15-17,21H,6-7,10-13H2,(H,20,22,24). The van der Waals surface area contributed by atoms with Gasteiger partial charge in [-0.25, -0.2) is 4.98 Å². The summed E-state index contributed by atoms with van der Waals surface area (Å²) < 4.78 is 1.99. The Hall–Kier alpha value is -2.14. The Bertz CT molecular complexity index is 684. The summed E-state index contributed by atoms with van der Waals surface area (Å²) in [4.78, 5) is 16.7. The highest BCUT2D eigenvalue weighted by molar-refractivity contribution is 5.89. The summed E-state index contributed by atoms with van der Waals surface area (Å²) >= 11 is 0. The van der Waals surface area contributed by atoms with Crippen LogP contribution < -0.4 is 10.6 Å². The number of carbonyl (C=O) groups excluding carboxylic acids is 1.